The standard InChI is InChI=1S/C17H25N3/c1-13-16(15-10-6-3-7-11-15)20-17(19-13)18-12-14-8-4-2-5-9-14/h3,6-7,10-11,13-14,16H,2,4-5,8-9,12H2,1H3,(H2,18,19,20)/t13-,16-/m0/s1. The smallest absolute Gasteiger partial charge is 0.192 e. The molecule has 2 N–H and O–H groups in total. The highest BCUT2D eigenvalue weighted by Crippen LogP contribution is 2.24. The SMILES string of the molecule is C[C@@H]1NC(=NCC2CCCCC2)N[C@@H]1c1ccccc1. The van der Waals surface area contributed by atoms with Gasteiger partial charge in [-0.3, -0.25) is 4.99 Å². The van der Waals surface area contributed by atoms with E-state index in [0.29, 0.717) is 12.1 Å². The Kier molecular flexibility index (Phi) is 4.24. The molecule has 2 aliphatic rings. The van der Waals surface area contributed by atoms with E-state index in [9.17, 15) is 0 Å². The van der Waals surface area contributed by atoms with Gasteiger partial charge in [0.2, 0.25) is 0 Å². The first-order valence-corrected chi connectivity index (χ1v) is 7.95. The first kappa shape index (κ1) is 13.5. The Morgan fingerprint density at radius 1 is 1.05 bits per heavy atom. The second kappa shape index (κ2) is 6.29. The van der Waals surface area contributed by atoms with E-state index in [0.717, 1.165) is 18.4 Å². The Hall–Kier alpha value is -1.51. The molecule has 1 aromatic rings. The second-order valence-corrected chi connectivity index (χ2v) is 6.16. The van der Waals surface area contributed by atoms with Gasteiger partial charge in [0.15, 0.2) is 5.96 Å². The molecule has 2 atom stereocenters. The first-order chi connectivity index (χ1) is 9.83. The topological polar surface area (TPSA) is 36.4 Å². The summed E-state index contributed by atoms with van der Waals surface area (Å²) in [5.41, 5.74) is 1.33. The van der Waals surface area contributed by atoms with Crippen LogP contribution in [0.4, 0.5) is 0 Å². The van der Waals surface area contributed by atoms with Crippen LogP contribution in [0.25, 0.3) is 0 Å². The molecule has 108 valence electrons. The summed E-state index contributed by atoms with van der Waals surface area (Å²) in [6.45, 7) is 3.19. The molecule has 1 saturated heterocycles. The molecule has 1 aliphatic carbocycles. The highest BCUT2D eigenvalue weighted by molar-refractivity contribution is 5.83. The van der Waals surface area contributed by atoms with Crippen LogP contribution in [-0.2, 0) is 0 Å². The first-order valence-electron chi connectivity index (χ1n) is 7.95. The van der Waals surface area contributed by atoms with E-state index in [2.05, 4.69) is 47.9 Å². The van der Waals surface area contributed by atoms with Crippen molar-refractivity contribution >= 4 is 5.96 Å². The number of nitrogens with one attached hydrogen (secondary N) is 2. The Bertz CT molecular complexity index is 449. The van der Waals surface area contributed by atoms with Crippen LogP contribution in [0, 0.1) is 5.92 Å². The van der Waals surface area contributed by atoms with Crippen molar-refractivity contribution in [1.29, 1.82) is 0 Å². The largest absolute Gasteiger partial charge is 0.352 e. The molecule has 0 spiro atoms. The lowest BCUT2D eigenvalue weighted by molar-refractivity contribution is 0.366. The van der Waals surface area contributed by atoms with Gasteiger partial charge in [0.05, 0.1) is 12.1 Å². The summed E-state index contributed by atoms with van der Waals surface area (Å²) in [7, 11) is 0. The van der Waals surface area contributed by atoms with Gasteiger partial charge >= 0.3 is 0 Å². The minimum atomic E-state index is 0.335. The Labute approximate surface area is 121 Å². The zero-order valence-corrected chi connectivity index (χ0v) is 12.3. The molecule has 0 radical (unpaired) electrons. The fourth-order valence-corrected chi connectivity index (χ4v) is 3.33. The van der Waals surface area contributed by atoms with Crippen molar-refractivity contribution in [3.63, 3.8) is 0 Å². The van der Waals surface area contributed by atoms with Crippen LogP contribution in [0.5, 0.6) is 0 Å². The highest BCUT2D eigenvalue weighted by Gasteiger charge is 2.27. The van der Waals surface area contributed by atoms with Gasteiger partial charge in [0.1, 0.15) is 0 Å². The predicted molar refractivity (Wildman–Crippen MR) is 83.8 cm³/mol. The number of hydrogen-bond donors (Lipinski definition) is 2. The monoisotopic (exact) mass is 271 g/mol. The highest BCUT2D eigenvalue weighted by atomic mass is 15.3. The average Bonchev–Trinajstić information content (AvgIpc) is 2.88. The fraction of sp³-hybridized carbons (Fsp3) is 0.588. The van der Waals surface area contributed by atoms with E-state index in [1.807, 2.05) is 0 Å². The molecule has 20 heavy (non-hydrogen) atoms. The molecule has 0 bridgehead atoms. The zero-order chi connectivity index (χ0) is 13.8. The van der Waals surface area contributed by atoms with Gasteiger partial charge in [-0.05, 0) is 31.2 Å². The van der Waals surface area contributed by atoms with Crippen LogP contribution < -0.4 is 10.6 Å². The number of hydrogen-bond acceptors (Lipinski definition) is 1. The molecular weight excluding hydrogens is 246 g/mol. The van der Waals surface area contributed by atoms with E-state index >= 15 is 0 Å². The predicted octanol–water partition coefficient (Wildman–Crippen LogP) is 3.25. The molecule has 2 fully saturated rings. The molecule has 3 heteroatoms. The van der Waals surface area contributed by atoms with Crippen molar-refractivity contribution in [3.8, 4) is 0 Å². The molecule has 0 aromatic heterocycles. The number of benzene rings is 1. The lowest BCUT2D eigenvalue weighted by Gasteiger charge is -2.19. The molecule has 1 aromatic carbocycles. The van der Waals surface area contributed by atoms with E-state index in [1.54, 1.807) is 0 Å². The van der Waals surface area contributed by atoms with E-state index in [4.69, 9.17) is 4.99 Å². The summed E-state index contributed by atoms with van der Waals surface area (Å²) < 4.78 is 0. The van der Waals surface area contributed by atoms with E-state index < -0.39 is 0 Å². The van der Waals surface area contributed by atoms with Gasteiger partial charge in [0.25, 0.3) is 0 Å². The summed E-state index contributed by atoms with van der Waals surface area (Å²) in [5, 5.41) is 7.02. The maximum absolute atomic E-state index is 4.77. The minimum Gasteiger partial charge on any atom is -0.352 e. The summed E-state index contributed by atoms with van der Waals surface area (Å²) >= 11 is 0. The van der Waals surface area contributed by atoms with Gasteiger partial charge < -0.3 is 10.6 Å². The third kappa shape index (κ3) is 3.14. The van der Waals surface area contributed by atoms with E-state index in [1.165, 1.54) is 37.7 Å². The van der Waals surface area contributed by atoms with Crippen molar-refractivity contribution in [2.24, 2.45) is 10.9 Å². The molecule has 1 saturated carbocycles. The average molecular weight is 271 g/mol. The van der Waals surface area contributed by atoms with Crippen molar-refractivity contribution in [3.05, 3.63) is 35.9 Å². The van der Waals surface area contributed by atoms with Crippen LogP contribution in [0.1, 0.15) is 50.6 Å². The van der Waals surface area contributed by atoms with Crippen LogP contribution in [0.3, 0.4) is 0 Å². The van der Waals surface area contributed by atoms with Gasteiger partial charge in [-0.25, -0.2) is 0 Å². The van der Waals surface area contributed by atoms with Crippen LogP contribution in [0.15, 0.2) is 35.3 Å². The van der Waals surface area contributed by atoms with Crippen molar-refractivity contribution in [2.45, 2.75) is 51.1 Å². The number of nitrogens with zero attached hydrogens (tertiary/aromatic N) is 1. The van der Waals surface area contributed by atoms with Crippen molar-refractivity contribution in [2.75, 3.05) is 6.54 Å². The molecule has 1 aliphatic heterocycles. The number of aliphatic imine (C=N–C) groups is 1. The Morgan fingerprint density at radius 2 is 1.80 bits per heavy atom. The van der Waals surface area contributed by atoms with Crippen LogP contribution in [0.2, 0.25) is 0 Å². The molecule has 3 rings (SSSR count). The molecule has 0 amide bonds. The van der Waals surface area contributed by atoms with Gasteiger partial charge in [0, 0.05) is 6.54 Å². The Balaban J connectivity index is 1.60. The van der Waals surface area contributed by atoms with Crippen LogP contribution in [-0.4, -0.2) is 18.5 Å². The second-order valence-electron chi connectivity index (χ2n) is 6.16. The number of guanidine groups is 1. The summed E-state index contributed by atoms with van der Waals surface area (Å²) in [6, 6.07) is 11.3. The number of rotatable bonds is 3. The maximum Gasteiger partial charge on any atom is 0.192 e. The van der Waals surface area contributed by atoms with Crippen molar-refractivity contribution in [1.82, 2.24) is 10.6 Å². The molecule has 3 nitrogen and oxygen atoms in total. The summed E-state index contributed by atoms with van der Waals surface area (Å²) in [4.78, 5) is 4.77. The van der Waals surface area contributed by atoms with Crippen molar-refractivity contribution < 1.29 is 0 Å². The minimum absolute atomic E-state index is 0.335. The third-order valence-corrected chi connectivity index (χ3v) is 4.55. The summed E-state index contributed by atoms with van der Waals surface area (Å²) in [6.07, 6.45) is 6.90. The third-order valence-electron chi connectivity index (χ3n) is 4.55. The summed E-state index contributed by atoms with van der Waals surface area (Å²) in [5.74, 6) is 1.78. The molecular formula is C17H25N3. The van der Waals surface area contributed by atoms with Gasteiger partial charge in [-0.15, -0.1) is 0 Å². The van der Waals surface area contributed by atoms with Crippen LogP contribution >= 0.6 is 0 Å². The lowest BCUT2D eigenvalue weighted by Crippen LogP contribution is -2.27. The Morgan fingerprint density at radius 3 is 2.55 bits per heavy atom. The fourth-order valence-electron chi connectivity index (χ4n) is 3.33. The van der Waals surface area contributed by atoms with E-state index in [-0.39, 0.29) is 0 Å². The van der Waals surface area contributed by atoms with Gasteiger partial charge in [-0.2, -0.15) is 0 Å². The maximum atomic E-state index is 4.77. The molecule has 1 heterocycles. The normalized spacial score (nSPS) is 29.1. The van der Waals surface area contributed by atoms with Gasteiger partial charge in [-0.1, -0.05) is 49.6 Å². The zero-order valence-electron chi connectivity index (χ0n) is 12.3. The quantitative estimate of drug-likeness (QED) is 0.885. The lowest BCUT2D eigenvalue weighted by atomic mass is 9.89. The molecule has 0 unspecified atom stereocenters.